The van der Waals surface area contributed by atoms with Crippen LogP contribution < -0.4 is 29.6 Å². The molecule has 0 saturated heterocycles. The molecule has 0 aromatic carbocycles. The van der Waals surface area contributed by atoms with Crippen LogP contribution in [-0.4, -0.2) is 0 Å². The maximum Gasteiger partial charge on any atom is 3.00 e. The van der Waals surface area contributed by atoms with Crippen molar-refractivity contribution in [1.29, 1.82) is 0 Å². The van der Waals surface area contributed by atoms with Crippen LogP contribution in [0.15, 0.2) is 0 Å². The molecule has 4 heteroatoms. The molecule has 0 nitrogen and oxygen atoms in total. The molecule has 0 saturated carbocycles. The van der Waals surface area contributed by atoms with Crippen LogP contribution in [0.1, 0.15) is 0 Å². The van der Waals surface area contributed by atoms with E-state index in [2.05, 4.69) is 0 Å². The molecule has 0 rings (SSSR count). The van der Waals surface area contributed by atoms with E-state index in [1.807, 2.05) is 0 Å². The summed E-state index contributed by atoms with van der Waals surface area (Å²) < 4.78 is 0. The largest absolute Gasteiger partial charge is 3.00 e. The van der Waals surface area contributed by atoms with Gasteiger partial charge < -0.3 is 27.0 Å². The van der Waals surface area contributed by atoms with Crippen LogP contribution in [0.2, 0.25) is 0 Å². The van der Waals surface area contributed by atoms with E-state index in [1.54, 1.807) is 0 Å². The van der Waals surface area contributed by atoms with E-state index in [1.165, 1.54) is 0 Å². The Bertz CT molecular complexity index is 6.00. The molecule has 24 valence electrons. The topological polar surface area (TPSA) is 0 Å². The Labute approximate surface area is 77.8 Å². The van der Waals surface area contributed by atoms with Gasteiger partial charge in [0.1, 0.15) is 0 Å². The van der Waals surface area contributed by atoms with Crippen LogP contribution in [-0.2, 0) is 49.4 Å². The summed E-state index contributed by atoms with van der Waals surface area (Å²) in [5.74, 6) is 0. The van der Waals surface area contributed by atoms with Gasteiger partial charge in [0.25, 0.3) is 0 Å². The SMILES string of the molecule is [Au+3].[Na+].[S-2].[S-2]. The minimum absolute atomic E-state index is 0. The molecule has 0 atom stereocenters. The van der Waals surface area contributed by atoms with E-state index in [4.69, 9.17) is 0 Å². The van der Waals surface area contributed by atoms with Gasteiger partial charge in [0.2, 0.25) is 0 Å². The maximum atomic E-state index is 0. The number of rotatable bonds is 0. The Morgan fingerprint density at radius 1 is 0.750 bits per heavy atom. The van der Waals surface area contributed by atoms with Gasteiger partial charge in [-0.25, -0.2) is 0 Å². The quantitative estimate of drug-likeness (QED) is 0.416. The third-order valence-corrected chi connectivity index (χ3v) is 0. The first kappa shape index (κ1) is 32.0. The Kier molecular flexibility index (Phi) is 144. The Hall–Kier alpha value is 2.44. The predicted octanol–water partition coefficient (Wildman–Crippen LogP) is -3.00. The second kappa shape index (κ2) is 18.0. The molecule has 0 radical (unpaired) electrons. The summed E-state index contributed by atoms with van der Waals surface area (Å²) in [5, 5.41) is 0. The minimum Gasteiger partial charge on any atom is -2.00 e. The first-order valence-corrected chi connectivity index (χ1v) is 0. The van der Waals surface area contributed by atoms with Gasteiger partial charge in [-0.2, -0.15) is 0 Å². The van der Waals surface area contributed by atoms with Crippen LogP contribution in [0.5, 0.6) is 0 Å². The normalized spacial score (nSPS) is 0. The van der Waals surface area contributed by atoms with Crippen LogP contribution in [0, 0.1) is 0 Å². The molecule has 0 unspecified atom stereocenters. The van der Waals surface area contributed by atoms with Crippen LogP contribution in [0.3, 0.4) is 0 Å². The summed E-state index contributed by atoms with van der Waals surface area (Å²) in [6, 6.07) is 0. The zero-order valence-corrected chi connectivity index (χ0v) is 7.92. The fourth-order valence-corrected chi connectivity index (χ4v) is 0. The zero-order chi connectivity index (χ0) is 0. The van der Waals surface area contributed by atoms with E-state index in [9.17, 15) is 0 Å². The number of hydrogen-bond donors (Lipinski definition) is 0. The summed E-state index contributed by atoms with van der Waals surface area (Å²) in [7, 11) is 0. The van der Waals surface area contributed by atoms with Crippen molar-refractivity contribution in [3.63, 3.8) is 0 Å². The molecule has 0 aliphatic carbocycles. The van der Waals surface area contributed by atoms with Gasteiger partial charge in [0, 0.05) is 0 Å². The fraction of sp³-hybridized carbons (Fsp3) is 0. The number of hydrogen-bond acceptors (Lipinski definition) is 0. The Balaban J connectivity index is 0. The maximum absolute atomic E-state index is 0. The molecule has 0 aromatic heterocycles. The van der Waals surface area contributed by atoms with Crippen molar-refractivity contribution in [2.24, 2.45) is 0 Å². The molecule has 0 spiro atoms. The van der Waals surface area contributed by atoms with Gasteiger partial charge in [-0.3, -0.25) is 0 Å². The van der Waals surface area contributed by atoms with Gasteiger partial charge >= 0.3 is 51.9 Å². The molecule has 0 aromatic rings. The van der Waals surface area contributed by atoms with Gasteiger partial charge in [0.15, 0.2) is 0 Å². The van der Waals surface area contributed by atoms with Crippen molar-refractivity contribution in [1.82, 2.24) is 0 Å². The van der Waals surface area contributed by atoms with Crippen molar-refractivity contribution in [3.05, 3.63) is 0 Å². The molecule has 0 aliphatic heterocycles. The van der Waals surface area contributed by atoms with Crippen molar-refractivity contribution in [2.45, 2.75) is 0 Å². The van der Waals surface area contributed by atoms with E-state index >= 15 is 0 Å². The summed E-state index contributed by atoms with van der Waals surface area (Å²) in [6.07, 6.45) is 0. The van der Waals surface area contributed by atoms with E-state index < -0.39 is 0 Å². The van der Waals surface area contributed by atoms with Crippen molar-refractivity contribution < 1.29 is 51.9 Å². The van der Waals surface area contributed by atoms with Crippen molar-refractivity contribution >= 4 is 27.0 Å². The first-order chi connectivity index (χ1) is 0. The zero-order valence-electron chi connectivity index (χ0n) is 2.12. The predicted molar refractivity (Wildman–Crippen MR) is 14.7 cm³/mol. The summed E-state index contributed by atoms with van der Waals surface area (Å²) in [4.78, 5) is 0. The molecule has 4 heavy (non-hydrogen) atoms. The molecule has 0 aliphatic rings. The Morgan fingerprint density at radius 3 is 0.750 bits per heavy atom. The average molecular weight is 284 g/mol. The molecule has 0 amide bonds. The molecule has 0 N–H and O–H groups in total. The molecule has 0 heterocycles. The second-order valence-corrected chi connectivity index (χ2v) is 0. The van der Waals surface area contributed by atoms with Crippen LogP contribution in [0.4, 0.5) is 0 Å². The molecular formula is AuNaS2. The summed E-state index contributed by atoms with van der Waals surface area (Å²) in [6.45, 7) is 0. The van der Waals surface area contributed by atoms with Gasteiger partial charge in [-0.05, 0) is 0 Å². The van der Waals surface area contributed by atoms with Crippen molar-refractivity contribution in [2.75, 3.05) is 0 Å². The smallest absolute Gasteiger partial charge is 2.00 e. The van der Waals surface area contributed by atoms with Gasteiger partial charge in [-0.15, -0.1) is 0 Å². The van der Waals surface area contributed by atoms with Crippen molar-refractivity contribution in [3.8, 4) is 0 Å². The van der Waals surface area contributed by atoms with E-state index in [0.717, 1.165) is 0 Å². The molecular weight excluding hydrogens is 284 g/mol. The second-order valence-electron chi connectivity index (χ2n) is 0. The Morgan fingerprint density at radius 2 is 0.750 bits per heavy atom. The fourth-order valence-electron chi connectivity index (χ4n) is 0. The van der Waals surface area contributed by atoms with Crippen LogP contribution >= 0.6 is 0 Å². The van der Waals surface area contributed by atoms with E-state index in [-0.39, 0.29) is 78.9 Å². The summed E-state index contributed by atoms with van der Waals surface area (Å²) in [5.41, 5.74) is 0. The minimum atomic E-state index is 0. The van der Waals surface area contributed by atoms with Gasteiger partial charge in [0.05, 0.1) is 0 Å². The van der Waals surface area contributed by atoms with Gasteiger partial charge in [-0.1, -0.05) is 0 Å². The van der Waals surface area contributed by atoms with Crippen LogP contribution in [0.25, 0.3) is 0 Å². The standard InChI is InChI=1S/Au.Na.2S/q+3;+1;2*-2. The third kappa shape index (κ3) is 8.83. The molecule has 0 fully saturated rings. The third-order valence-electron chi connectivity index (χ3n) is 0. The monoisotopic (exact) mass is 284 g/mol. The first-order valence-electron chi connectivity index (χ1n) is 0. The summed E-state index contributed by atoms with van der Waals surface area (Å²) >= 11 is 0. The molecule has 0 bridgehead atoms. The average Bonchev–Trinajstić information content (AvgIpc) is 0. The van der Waals surface area contributed by atoms with E-state index in [0.29, 0.717) is 0 Å².